The van der Waals surface area contributed by atoms with Crippen molar-refractivity contribution in [3.8, 4) is 0 Å². The van der Waals surface area contributed by atoms with Crippen molar-refractivity contribution in [3.05, 3.63) is 0 Å². The molecule has 1 aliphatic rings. The van der Waals surface area contributed by atoms with Crippen molar-refractivity contribution in [1.29, 1.82) is 0 Å². The van der Waals surface area contributed by atoms with Crippen LogP contribution in [0, 0.1) is 0 Å². The summed E-state index contributed by atoms with van der Waals surface area (Å²) in [5.74, 6) is 0.547. The minimum absolute atomic E-state index is 0.316. The van der Waals surface area contributed by atoms with Gasteiger partial charge < -0.3 is 5.32 Å². The summed E-state index contributed by atoms with van der Waals surface area (Å²) in [6.45, 7) is 0. The Morgan fingerprint density at radius 2 is 2.60 bits per heavy atom. The first-order chi connectivity index (χ1) is 4.70. The molecule has 0 aromatic rings. The van der Waals surface area contributed by atoms with E-state index in [2.05, 4.69) is 28.8 Å². The average molecular weight is 214 g/mol. The van der Waals surface area contributed by atoms with Gasteiger partial charge in [-0.3, -0.25) is 5.32 Å². The Labute approximate surface area is 70.3 Å². The highest BCUT2D eigenvalue weighted by Crippen LogP contribution is 2.49. The quantitative estimate of drug-likeness (QED) is 0.663. The molecule has 1 aliphatic heterocycles. The molecule has 1 heterocycles. The SMILES string of the molecule is CNC1N[C@](P)(PP)CP1. The molecule has 2 nitrogen and oxygen atoms in total. The van der Waals surface area contributed by atoms with Crippen LogP contribution in [-0.4, -0.2) is 24.1 Å². The Morgan fingerprint density at radius 1 is 1.90 bits per heavy atom. The highest BCUT2D eigenvalue weighted by molar-refractivity contribution is 8.05. The predicted molar refractivity (Wildman–Crippen MR) is 59.6 cm³/mol. The lowest BCUT2D eigenvalue weighted by Gasteiger charge is -2.22. The monoisotopic (exact) mass is 214 g/mol. The third-order valence-corrected chi connectivity index (χ3v) is 8.15. The molecule has 60 valence electrons. The lowest BCUT2D eigenvalue weighted by atomic mass is 10.7. The maximum atomic E-state index is 3.52. The molecule has 0 saturated carbocycles. The molecule has 1 saturated heterocycles. The van der Waals surface area contributed by atoms with Crippen LogP contribution in [0.4, 0.5) is 0 Å². The second kappa shape index (κ2) is 4.04. The molecule has 0 aliphatic carbocycles. The first-order valence-corrected chi connectivity index (χ1v) is 7.82. The van der Waals surface area contributed by atoms with E-state index in [1.165, 1.54) is 6.16 Å². The van der Waals surface area contributed by atoms with E-state index in [-0.39, 0.29) is 0 Å². The highest BCUT2D eigenvalue weighted by Gasteiger charge is 2.31. The zero-order chi connectivity index (χ0) is 7.61. The van der Waals surface area contributed by atoms with E-state index >= 15 is 0 Å². The lowest BCUT2D eigenvalue weighted by molar-refractivity contribution is 0.592. The van der Waals surface area contributed by atoms with Gasteiger partial charge in [-0.2, -0.15) is 0 Å². The smallest absolute Gasteiger partial charge is 0.0751 e. The molecule has 0 aromatic carbocycles. The standard InChI is InChI=1S/C4H14N2P4/c1-5-3-6-4(7,10-8)2-9-3/h3,5-6,9-10H,2,7-8H2,1H3/t3?,4-/m1/s1. The van der Waals surface area contributed by atoms with Crippen LogP contribution in [0.5, 0.6) is 0 Å². The summed E-state index contributed by atoms with van der Waals surface area (Å²) < 4.78 is 0. The van der Waals surface area contributed by atoms with Crippen LogP contribution in [0.15, 0.2) is 0 Å². The fourth-order valence-corrected chi connectivity index (χ4v) is 5.02. The van der Waals surface area contributed by atoms with Crippen LogP contribution in [0.2, 0.25) is 0 Å². The molecule has 2 N–H and O–H groups in total. The lowest BCUT2D eigenvalue weighted by Crippen LogP contribution is -2.40. The van der Waals surface area contributed by atoms with Crippen LogP contribution < -0.4 is 10.6 Å². The molecule has 10 heavy (non-hydrogen) atoms. The molecule has 0 aromatic heterocycles. The fourth-order valence-electron chi connectivity index (χ4n) is 0.890. The Hall–Kier alpha value is 1.64. The van der Waals surface area contributed by atoms with E-state index < -0.39 is 0 Å². The maximum Gasteiger partial charge on any atom is 0.0751 e. The van der Waals surface area contributed by atoms with Gasteiger partial charge in [0, 0.05) is 0 Å². The second-order valence-electron chi connectivity index (χ2n) is 2.36. The maximum absolute atomic E-state index is 3.52. The molecule has 1 rings (SSSR count). The van der Waals surface area contributed by atoms with E-state index in [0.29, 0.717) is 10.9 Å². The van der Waals surface area contributed by atoms with Crippen molar-refractivity contribution >= 4 is 35.0 Å². The number of nitrogens with one attached hydrogen (secondary N) is 2. The van der Waals surface area contributed by atoms with E-state index in [1.54, 1.807) is 0 Å². The van der Waals surface area contributed by atoms with Gasteiger partial charge in [-0.05, 0) is 13.2 Å². The normalized spacial score (nSPS) is 44.1. The van der Waals surface area contributed by atoms with Crippen molar-refractivity contribution in [3.63, 3.8) is 0 Å². The van der Waals surface area contributed by atoms with Gasteiger partial charge in [0.2, 0.25) is 0 Å². The van der Waals surface area contributed by atoms with Crippen molar-refractivity contribution in [2.24, 2.45) is 0 Å². The topological polar surface area (TPSA) is 24.1 Å². The first kappa shape index (κ1) is 9.73. The minimum Gasteiger partial charge on any atom is -0.302 e. The Kier molecular flexibility index (Phi) is 3.93. The van der Waals surface area contributed by atoms with E-state index in [0.717, 1.165) is 16.9 Å². The zero-order valence-electron chi connectivity index (χ0n) is 5.94. The molecular formula is C4H14N2P4. The molecule has 1 fully saturated rings. The number of hydrogen-bond donors (Lipinski definition) is 2. The summed E-state index contributed by atoms with van der Waals surface area (Å²) in [6.07, 6.45) is 1.28. The van der Waals surface area contributed by atoms with Crippen molar-refractivity contribution in [2.75, 3.05) is 13.2 Å². The van der Waals surface area contributed by atoms with Crippen LogP contribution >= 0.6 is 35.0 Å². The summed E-state index contributed by atoms with van der Waals surface area (Å²) >= 11 is 0. The van der Waals surface area contributed by atoms with Crippen LogP contribution in [0.1, 0.15) is 0 Å². The number of hydrogen-bond acceptors (Lipinski definition) is 2. The Morgan fingerprint density at radius 3 is 2.90 bits per heavy atom. The highest BCUT2D eigenvalue weighted by atomic mass is 32.0. The summed E-state index contributed by atoms with van der Waals surface area (Å²) in [5.41, 5.74) is 0. The van der Waals surface area contributed by atoms with Gasteiger partial charge in [-0.25, -0.2) is 0 Å². The number of rotatable bonds is 2. The largest absolute Gasteiger partial charge is 0.302 e. The molecule has 0 bridgehead atoms. The third kappa shape index (κ3) is 2.31. The fraction of sp³-hybridized carbons (Fsp3) is 1.00. The minimum atomic E-state index is 0.316. The summed E-state index contributed by atoms with van der Waals surface area (Å²) in [4.78, 5) is 0. The van der Waals surface area contributed by atoms with Gasteiger partial charge in [0.1, 0.15) is 0 Å². The van der Waals surface area contributed by atoms with Gasteiger partial charge in [-0.15, -0.1) is 18.2 Å². The van der Waals surface area contributed by atoms with Crippen molar-refractivity contribution in [2.45, 2.75) is 10.9 Å². The molecular weight excluding hydrogens is 200 g/mol. The van der Waals surface area contributed by atoms with Gasteiger partial charge in [-0.1, -0.05) is 16.9 Å². The molecule has 0 spiro atoms. The van der Waals surface area contributed by atoms with Gasteiger partial charge in [0.05, 0.1) is 10.9 Å². The second-order valence-corrected chi connectivity index (χ2v) is 7.31. The summed E-state index contributed by atoms with van der Waals surface area (Å²) in [6, 6.07) is 0. The Bertz CT molecular complexity index is 122. The average Bonchev–Trinajstić information content (AvgIpc) is 2.33. The first-order valence-electron chi connectivity index (χ1n) is 3.15. The van der Waals surface area contributed by atoms with E-state index in [9.17, 15) is 0 Å². The van der Waals surface area contributed by atoms with Crippen molar-refractivity contribution in [1.82, 2.24) is 10.6 Å². The van der Waals surface area contributed by atoms with Crippen LogP contribution in [0.25, 0.3) is 0 Å². The van der Waals surface area contributed by atoms with E-state index in [4.69, 9.17) is 0 Å². The Balaban J connectivity index is 2.41. The van der Waals surface area contributed by atoms with Crippen molar-refractivity contribution < 1.29 is 0 Å². The summed E-state index contributed by atoms with van der Waals surface area (Å²) in [5, 5.41) is 7.08. The zero-order valence-corrected chi connectivity index (χ0v) is 10.2. The molecule has 0 amide bonds. The van der Waals surface area contributed by atoms with Gasteiger partial charge in [0.15, 0.2) is 0 Å². The van der Waals surface area contributed by atoms with Crippen LogP contribution in [0.3, 0.4) is 0 Å². The van der Waals surface area contributed by atoms with Crippen LogP contribution in [-0.2, 0) is 0 Å². The molecule has 0 radical (unpaired) electrons. The molecule has 5 unspecified atom stereocenters. The van der Waals surface area contributed by atoms with Gasteiger partial charge >= 0.3 is 0 Å². The molecule has 6 atom stereocenters. The predicted octanol–water partition coefficient (Wildman–Crippen LogP) is 0.769. The van der Waals surface area contributed by atoms with Gasteiger partial charge in [0.25, 0.3) is 0 Å². The molecule has 6 heteroatoms. The third-order valence-electron chi connectivity index (χ3n) is 1.53. The van der Waals surface area contributed by atoms with E-state index in [1.807, 2.05) is 7.05 Å². The summed E-state index contributed by atoms with van der Waals surface area (Å²) in [7, 11) is 9.62.